The van der Waals surface area contributed by atoms with E-state index in [2.05, 4.69) is 21.0 Å². The summed E-state index contributed by atoms with van der Waals surface area (Å²) in [7, 11) is 0. The number of nitrogens with two attached hydrogens (primary N) is 1. The summed E-state index contributed by atoms with van der Waals surface area (Å²) < 4.78 is 0. The number of fused-ring (bicyclic) bond motifs is 1. The van der Waals surface area contributed by atoms with Gasteiger partial charge in [0.1, 0.15) is 16.9 Å². The van der Waals surface area contributed by atoms with Gasteiger partial charge in [-0.15, -0.1) is 0 Å². The highest BCUT2D eigenvalue weighted by molar-refractivity contribution is 7.99. The molecule has 3 rings (SSSR count). The molecule has 3 N–H and O–H groups in total. The molecule has 0 saturated heterocycles. The van der Waals surface area contributed by atoms with Crippen molar-refractivity contribution in [2.24, 2.45) is 0 Å². The first-order valence-electron chi connectivity index (χ1n) is 6.63. The van der Waals surface area contributed by atoms with E-state index in [1.807, 2.05) is 6.07 Å². The molecule has 106 valence electrons. The smallest absolute Gasteiger partial charge is 0.253 e. The molecule has 0 saturated carbocycles. The molecule has 0 spiro atoms. The summed E-state index contributed by atoms with van der Waals surface area (Å²) in [5, 5.41) is 10.2. The van der Waals surface area contributed by atoms with E-state index in [4.69, 9.17) is 5.73 Å². The van der Waals surface area contributed by atoms with Crippen LogP contribution in [0.25, 0.3) is 0 Å². The van der Waals surface area contributed by atoms with E-state index in [9.17, 15) is 10.1 Å². The third-order valence-electron chi connectivity index (χ3n) is 3.32. The van der Waals surface area contributed by atoms with E-state index < -0.39 is 0 Å². The molecule has 0 radical (unpaired) electrons. The molecule has 0 bridgehead atoms. The fourth-order valence-corrected chi connectivity index (χ4v) is 3.22. The highest BCUT2D eigenvalue weighted by Gasteiger charge is 2.16. The van der Waals surface area contributed by atoms with Crippen LogP contribution in [0.3, 0.4) is 0 Å². The van der Waals surface area contributed by atoms with Crippen molar-refractivity contribution in [1.82, 2.24) is 15.0 Å². The maximum atomic E-state index is 11.4. The molecule has 0 amide bonds. The predicted molar refractivity (Wildman–Crippen MR) is 79.0 cm³/mol. The van der Waals surface area contributed by atoms with E-state index in [0.29, 0.717) is 15.7 Å². The first kappa shape index (κ1) is 13.6. The minimum atomic E-state index is -0.318. The van der Waals surface area contributed by atoms with Crippen LogP contribution in [-0.4, -0.2) is 15.0 Å². The zero-order chi connectivity index (χ0) is 14.8. The third-order valence-corrected chi connectivity index (χ3v) is 4.21. The Balaban J connectivity index is 2.01. The fraction of sp³-hybridized carbons (Fsp3) is 0.286. The molecule has 21 heavy (non-hydrogen) atoms. The molecule has 0 atom stereocenters. The molecule has 2 aromatic rings. The Labute approximate surface area is 125 Å². The zero-order valence-corrected chi connectivity index (χ0v) is 12.0. The summed E-state index contributed by atoms with van der Waals surface area (Å²) in [5.74, 6) is 0.151. The Bertz CT molecular complexity index is 793. The normalized spacial score (nSPS) is 13.5. The topological polar surface area (TPSA) is 108 Å². The molecule has 0 aromatic carbocycles. The van der Waals surface area contributed by atoms with Gasteiger partial charge in [-0.1, -0.05) is 0 Å². The highest BCUT2D eigenvalue weighted by Crippen LogP contribution is 2.30. The van der Waals surface area contributed by atoms with Crippen LogP contribution in [0.15, 0.2) is 27.1 Å². The fourth-order valence-electron chi connectivity index (χ4n) is 2.37. The van der Waals surface area contributed by atoms with E-state index in [-0.39, 0.29) is 11.4 Å². The summed E-state index contributed by atoms with van der Waals surface area (Å²) >= 11 is 1.16. The molecule has 0 unspecified atom stereocenters. The minimum absolute atomic E-state index is 0.151. The van der Waals surface area contributed by atoms with Gasteiger partial charge in [0.05, 0.1) is 5.56 Å². The second-order valence-electron chi connectivity index (χ2n) is 4.84. The number of anilines is 1. The molecule has 1 aliphatic carbocycles. The van der Waals surface area contributed by atoms with Crippen LogP contribution in [0.4, 0.5) is 5.82 Å². The second kappa shape index (κ2) is 5.58. The SMILES string of the molecule is N#Cc1cc2c(nc1Sc1nc(N)cc(=O)[nH]1)CCCC2. The molecule has 1 aliphatic rings. The monoisotopic (exact) mass is 299 g/mol. The number of nitrogen functional groups attached to an aromatic ring is 1. The Morgan fingerprint density at radius 3 is 2.86 bits per heavy atom. The Hall–Kier alpha value is -2.33. The number of aromatic amines is 1. The molecule has 6 nitrogen and oxygen atoms in total. The second-order valence-corrected chi connectivity index (χ2v) is 5.82. The van der Waals surface area contributed by atoms with E-state index in [0.717, 1.165) is 48.7 Å². The van der Waals surface area contributed by atoms with Crippen LogP contribution in [-0.2, 0) is 12.8 Å². The van der Waals surface area contributed by atoms with Gasteiger partial charge in [-0.25, -0.2) is 9.97 Å². The first-order chi connectivity index (χ1) is 10.2. The van der Waals surface area contributed by atoms with Gasteiger partial charge in [0, 0.05) is 11.8 Å². The summed E-state index contributed by atoms with van der Waals surface area (Å²) in [6.45, 7) is 0. The maximum Gasteiger partial charge on any atom is 0.253 e. The van der Waals surface area contributed by atoms with Crippen molar-refractivity contribution in [2.45, 2.75) is 35.9 Å². The lowest BCUT2D eigenvalue weighted by Crippen LogP contribution is -2.10. The lowest BCUT2D eigenvalue weighted by Gasteiger charge is -2.16. The number of hydrogen-bond donors (Lipinski definition) is 2. The number of aromatic nitrogens is 3. The third kappa shape index (κ3) is 2.90. The summed E-state index contributed by atoms with van der Waals surface area (Å²) in [6, 6.07) is 5.28. The molecule has 7 heteroatoms. The van der Waals surface area contributed by atoms with Crippen molar-refractivity contribution in [3.8, 4) is 6.07 Å². The zero-order valence-electron chi connectivity index (χ0n) is 11.2. The van der Waals surface area contributed by atoms with Crippen LogP contribution in [0.1, 0.15) is 29.7 Å². The van der Waals surface area contributed by atoms with Crippen molar-refractivity contribution in [1.29, 1.82) is 5.26 Å². The molecular weight excluding hydrogens is 286 g/mol. The summed E-state index contributed by atoms with van der Waals surface area (Å²) in [5.41, 5.74) is 7.94. The summed E-state index contributed by atoms with van der Waals surface area (Å²) in [4.78, 5) is 22.6. The predicted octanol–water partition coefficient (Wildman–Crippen LogP) is 1.65. The molecule has 2 aromatic heterocycles. The van der Waals surface area contributed by atoms with Crippen molar-refractivity contribution in [3.05, 3.63) is 39.3 Å². The average molecular weight is 299 g/mol. The number of rotatable bonds is 2. The quantitative estimate of drug-likeness (QED) is 0.816. The van der Waals surface area contributed by atoms with Crippen LogP contribution in [0, 0.1) is 11.3 Å². The van der Waals surface area contributed by atoms with Gasteiger partial charge in [0.2, 0.25) is 0 Å². The van der Waals surface area contributed by atoms with Gasteiger partial charge in [-0.05, 0) is 49.1 Å². The van der Waals surface area contributed by atoms with Crippen molar-refractivity contribution < 1.29 is 0 Å². The molecule has 0 aliphatic heterocycles. The number of nitriles is 1. The van der Waals surface area contributed by atoms with Crippen LogP contribution in [0.2, 0.25) is 0 Å². The van der Waals surface area contributed by atoms with E-state index in [1.54, 1.807) is 0 Å². The average Bonchev–Trinajstić information content (AvgIpc) is 2.45. The van der Waals surface area contributed by atoms with Gasteiger partial charge in [0.15, 0.2) is 5.16 Å². The Kier molecular flexibility index (Phi) is 3.62. The largest absolute Gasteiger partial charge is 0.383 e. The lowest BCUT2D eigenvalue weighted by atomic mass is 9.95. The van der Waals surface area contributed by atoms with Gasteiger partial charge in [-0.3, -0.25) is 4.79 Å². The van der Waals surface area contributed by atoms with E-state index in [1.165, 1.54) is 6.07 Å². The minimum Gasteiger partial charge on any atom is -0.383 e. The Morgan fingerprint density at radius 2 is 2.10 bits per heavy atom. The standard InChI is InChI=1S/C14H13N5OS/c15-7-9-5-8-3-1-2-4-10(8)17-13(9)21-14-18-11(16)6-12(20)19-14/h5-6H,1-4H2,(H3,16,18,19,20). The summed E-state index contributed by atoms with van der Waals surface area (Å²) in [6.07, 6.45) is 4.14. The lowest BCUT2D eigenvalue weighted by molar-refractivity contribution is 0.660. The number of pyridine rings is 1. The molecule has 0 fully saturated rings. The van der Waals surface area contributed by atoms with Gasteiger partial charge in [0.25, 0.3) is 5.56 Å². The van der Waals surface area contributed by atoms with Crippen LogP contribution < -0.4 is 11.3 Å². The number of nitrogens with one attached hydrogen (secondary N) is 1. The van der Waals surface area contributed by atoms with Crippen LogP contribution >= 0.6 is 11.8 Å². The van der Waals surface area contributed by atoms with Crippen molar-refractivity contribution in [3.63, 3.8) is 0 Å². The first-order valence-corrected chi connectivity index (χ1v) is 7.45. The Morgan fingerprint density at radius 1 is 1.29 bits per heavy atom. The number of hydrogen-bond acceptors (Lipinski definition) is 6. The highest BCUT2D eigenvalue weighted by atomic mass is 32.2. The van der Waals surface area contributed by atoms with Gasteiger partial charge in [-0.2, -0.15) is 5.26 Å². The van der Waals surface area contributed by atoms with Crippen molar-refractivity contribution >= 4 is 17.6 Å². The number of H-pyrrole nitrogens is 1. The molecule has 2 heterocycles. The molecular formula is C14H13N5OS. The van der Waals surface area contributed by atoms with Crippen molar-refractivity contribution in [2.75, 3.05) is 5.73 Å². The number of nitrogens with zero attached hydrogens (tertiary/aromatic N) is 3. The van der Waals surface area contributed by atoms with E-state index >= 15 is 0 Å². The van der Waals surface area contributed by atoms with Crippen LogP contribution in [0.5, 0.6) is 0 Å². The van der Waals surface area contributed by atoms with Gasteiger partial charge < -0.3 is 10.7 Å². The van der Waals surface area contributed by atoms with Gasteiger partial charge >= 0.3 is 0 Å². The number of aryl methyl sites for hydroxylation is 2. The maximum absolute atomic E-state index is 11.4.